The predicted molar refractivity (Wildman–Crippen MR) is 75.5 cm³/mol. The number of nitrogens with one attached hydrogen (secondary N) is 1. The van der Waals surface area contributed by atoms with E-state index in [4.69, 9.17) is 23.2 Å². The molecule has 1 N–H and O–H groups in total. The Bertz CT molecular complexity index is 378. The van der Waals surface area contributed by atoms with Gasteiger partial charge in [-0.05, 0) is 25.6 Å². The lowest BCUT2D eigenvalue weighted by molar-refractivity contribution is 0.557. The van der Waals surface area contributed by atoms with Crippen LogP contribution in [0.3, 0.4) is 0 Å². The summed E-state index contributed by atoms with van der Waals surface area (Å²) in [4.78, 5) is 0.548. The van der Waals surface area contributed by atoms with Gasteiger partial charge in [-0.25, -0.2) is 0 Å². The summed E-state index contributed by atoms with van der Waals surface area (Å²) in [6, 6.07) is 5.42. The Balaban J connectivity index is 2.82. The van der Waals surface area contributed by atoms with Gasteiger partial charge in [-0.15, -0.1) is 0 Å². The van der Waals surface area contributed by atoms with Crippen molar-refractivity contribution in [1.29, 1.82) is 0 Å². The molecule has 5 heteroatoms. The molecule has 17 heavy (non-hydrogen) atoms. The normalized spacial score (nSPS) is 14.6. The average molecular weight is 294 g/mol. The zero-order chi connectivity index (χ0) is 12.8. The highest BCUT2D eigenvalue weighted by atomic mass is 35.5. The molecule has 2 unspecified atom stereocenters. The molecule has 0 radical (unpaired) electrons. The SMILES string of the molecule is CCCC(CS(=O)c1c(Cl)cccc1Cl)NC. The molecule has 0 aliphatic heterocycles. The van der Waals surface area contributed by atoms with Gasteiger partial charge in [-0.1, -0.05) is 42.6 Å². The highest BCUT2D eigenvalue weighted by Crippen LogP contribution is 2.28. The molecule has 0 bridgehead atoms. The van der Waals surface area contributed by atoms with Crippen molar-refractivity contribution in [3.8, 4) is 0 Å². The first-order valence-electron chi connectivity index (χ1n) is 5.59. The molecule has 0 saturated carbocycles. The van der Waals surface area contributed by atoms with Gasteiger partial charge < -0.3 is 5.32 Å². The summed E-state index contributed by atoms with van der Waals surface area (Å²) < 4.78 is 12.2. The quantitative estimate of drug-likeness (QED) is 0.870. The van der Waals surface area contributed by atoms with Gasteiger partial charge in [-0.2, -0.15) is 0 Å². The molecule has 1 aromatic carbocycles. The molecule has 96 valence electrons. The smallest absolute Gasteiger partial charge is 0.0760 e. The van der Waals surface area contributed by atoms with E-state index in [1.807, 2.05) is 7.05 Å². The molecule has 0 saturated heterocycles. The molecule has 1 aromatic rings. The highest BCUT2D eigenvalue weighted by Gasteiger charge is 2.16. The molecule has 1 rings (SSSR count). The summed E-state index contributed by atoms with van der Waals surface area (Å²) in [6.45, 7) is 2.11. The van der Waals surface area contributed by atoms with E-state index < -0.39 is 10.8 Å². The zero-order valence-corrected chi connectivity index (χ0v) is 12.3. The van der Waals surface area contributed by atoms with Crippen molar-refractivity contribution in [3.05, 3.63) is 28.2 Å². The van der Waals surface area contributed by atoms with Crippen LogP contribution < -0.4 is 5.32 Å². The van der Waals surface area contributed by atoms with E-state index in [0.29, 0.717) is 20.7 Å². The number of benzene rings is 1. The Labute approximate surface area is 115 Å². The first-order chi connectivity index (χ1) is 8.10. The lowest BCUT2D eigenvalue weighted by Crippen LogP contribution is -2.30. The van der Waals surface area contributed by atoms with E-state index >= 15 is 0 Å². The second-order valence-corrected chi connectivity index (χ2v) is 6.08. The van der Waals surface area contributed by atoms with Crippen LogP contribution in [0.2, 0.25) is 10.0 Å². The molecule has 0 amide bonds. The van der Waals surface area contributed by atoms with Crippen LogP contribution in [0.15, 0.2) is 23.1 Å². The van der Waals surface area contributed by atoms with Gasteiger partial charge in [0.05, 0.1) is 25.7 Å². The predicted octanol–water partition coefficient (Wildman–Crippen LogP) is 3.49. The third kappa shape index (κ3) is 4.25. The molecule has 0 spiro atoms. The Hall–Kier alpha value is -0.0900. The third-order valence-corrected chi connectivity index (χ3v) is 5.00. The molecule has 0 aromatic heterocycles. The molecule has 2 nitrogen and oxygen atoms in total. The van der Waals surface area contributed by atoms with Crippen molar-refractivity contribution >= 4 is 34.0 Å². The van der Waals surface area contributed by atoms with E-state index in [0.717, 1.165) is 12.8 Å². The van der Waals surface area contributed by atoms with Crippen LogP contribution in [-0.4, -0.2) is 23.1 Å². The van der Waals surface area contributed by atoms with Gasteiger partial charge in [-0.3, -0.25) is 4.21 Å². The largest absolute Gasteiger partial charge is 0.316 e. The minimum Gasteiger partial charge on any atom is -0.316 e. The standard InChI is InChI=1S/C12H17Cl2NOS/c1-3-5-9(15-2)8-17(16)12-10(13)6-4-7-11(12)14/h4,6-7,9,15H,3,5,8H2,1-2H3. The highest BCUT2D eigenvalue weighted by molar-refractivity contribution is 7.85. The Morgan fingerprint density at radius 1 is 1.35 bits per heavy atom. The van der Waals surface area contributed by atoms with Crippen LogP contribution in [0, 0.1) is 0 Å². The van der Waals surface area contributed by atoms with Crippen LogP contribution in [-0.2, 0) is 10.8 Å². The van der Waals surface area contributed by atoms with Gasteiger partial charge in [0.2, 0.25) is 0 Å². The first-order valence-corrected chi connectivity index (χ1v) is 7.67. The number of halogens is 2. The average Bonchev–Trinajstić information content (AvgIpc) is 2.28. The lowest BCUT2D eigenvalue weighted by atomic mass is 10.2. The van der Waals surface area contributed by atoms with E-state index in [-0.39, 0.29) is 6.04 Å². The van der Waals surface area contributed by atoms with E-state index in [1.54, 1.807) is 18.2 Å². The second-order valence-electron chi connectivity index (χ2n) is 3.84. The van der Waals surface area contributed by atoms with Crippen molar-refractivity contribution in [1.82, 2.24) is 5.32 Å². The van der Waals surface area contributed by atoms with Gasteiger partial charge in [0, 0.05) is 11.8 Å². The van der Waals surface area contributed by atoms with E-state index in [1.165, 1.54) is 0 Å². The van der Waals surface area contributed by atoms with Gasteiger partial charge in [0.25, 0.3) is 0 Å². The van der Waals surface area contributed by atoms with Crippen LogP contribution in [0.1, 0.15) is 19.8 Å². The van der Waals surface area contributed by atoms with Crippen molar-refractivity contribution in [2.24, 2.45) is 0 Å². The minimum atomic E-state index is -1.16. The van der Waals surface area contributed by atoms with Gasteiger partial charge >= 0.3 is 0 Å². The van der Waals surface area contributed by atoms with Crippen LogP contribution in [0.5, 0.6) is 0 Å². The summed E-state index contributed by atoms with van der Waals surface area (Å²) in [6.07, 6.45) is 2.04. The van der Waals surface area contributed by atoms with Crippen LogP contribution in [0.25, 0.3) is 0 Å². The molecular formula is C12H17Cl2NOS. The summed E-state index contributed by atoms with van der Waals surface area (Å²) >= 11 is 12.1. The fraction of sp³-hybridized carbons (Fsp3) is 0.500. The van der Waals surface area contributed by atoms with Gasteiger partial charge in [0.1, 0.15) is 0 Å². The fourth-order valence-corrected chi connectivity index (χ4v) is 3.98. The maximum absolute atomic E-state index is 12.2. The zero-order valence-electron chi connectivity index (χ0n) is 10.0. The lowest BCUT2D eigenvalue weighted by Gasteiger charge is -2.15. The Morgan fingerprint density at radius 2 is 1.94 bits per heavy atom. The van der Waals surface area contributed by atoms with Crippen LogP contribution >= 0.6 is 23.2 Å². The monoisotopic (exact) mass is 293 g/mol. The molecular weight excluding hydrogens is 277 g/mol. The number of hydrogen-bond acceptors (Lipinski definition) is 2. The fourth-order valence-electron chi connectivity index (χ4n) is 1.63. The van der Waals surface area contributed by atoms with Crippen molar-refractivity contribution in [2.45, 2.75) is 30.7 Å². The molecule has 0 fully saturated rings. The van der Waals surface area contributed by atoms with Crippen molar-refractivity contribution in [3.63, 3.8) is 0 Å². The Morgan fingerprint density at radius 3 is 2.41 bits per heavy atom. The van der Waals surface area contributed by atoms with Crippen LogP contribution in [0.4, 0.5) is 0 Å². The number of hydrogen-bond donors (Lipinski definition) is 1. The third-order valence-electron chi connectivity index (χ3n) is 2.54. The minimum absolute atomic E-state index is 0.230. The molecule has 0 heterocycles. The molecule has 0 aliphatic rings. The summed E-state index contributed by atoms with van der Waals surface area (Å²) in [7, 11) is 0.716. The molecule has 2 atom stereocenters. The molecule has 0 aliphatic carbocycles. The first kappa shape index (κ1) is 15.0. The van der Waals surface area contributed by atoms with Crippen molar-refractivity contribution < 1.29 is 4.21 Å². The van der Waals surface area contributed by atoms with E-state index in [9.17, 15) is 4.21 Å². The Kier molecular flexibility index (Phi) is 6.49. The van der Waals surface area contributed by atoms with Crippen molar-refractivity contribution in [2.75, 3.05) is 12.8 Å². The van der Waals surface area contributed by atoms with Gasteiger partial charge in [0.15, 0.2) is 0 Å². The summed E-state index contributed by atoms with van der Waals surface area (Å²) in [5.74, 6) is 0.536. The second kappa shape index (κ2) is 7.37. The summed E-state index contributed by atoms with van der Waals surface area (Å²) in [5, 5.41) is 4.11. The maximum Gasteiger partial charge on any atom is 0.0760 e. The maximum atomic E-state index is 12.2. The number of rotatable bonds is 6. The topological polar surface area (TPSA) is 29.1 Å². The van der Waals surface area contributed by atoms with E-state index in [2.05, 4.69) is 12.2 Å². The summed E-state index contributed by atoms with van der Waals surface area (Å²) in [5.41, 5.74) is 0.